The summed E-state index contributed by atoms with van der Waals surface area (Å²) in [6, 6.07) is 13.8. The number of benzene rings is 1. The first kappa shape index (κ1) is 17.8. The minimum Gasteiger partial charge on any atom is -0.307 e. The summed E-state index contributed by atoms with van der Waals surface area (Å²) in [7, 11) is 0. The smallest absolute Gasteiger partial charge is 0.191 e. The van der Waals surface area contributed by atoms with Gasteiger partial charge in [-0.1, -0.05) is 47.6 Å². The molecule has 0 saturated carbocycles. The monoisotopic (exact) mass is 395 g/mol. The first-order valence-electron chi connectivity index (χ1n) is 8.56. The summed E-state index contributed by atoms with van der Waals surface area (Å²) in [5.74, 6) is 1.65. The molecule has 136 valence electrons. The lowest BCUT2D eigenvalue weighted by Gasteiger charge is -2.07. The summed E-state index contributed by atoms with van der Waals surface area (Å²) < 4.78 is 4.12. The summed E-state index contributed by atoms with van der Waals surface area (Å²) in [6.07, 6.45) is 6.61. The molecule has 3 aromatic heterocycles. The number of imidazole rings is 1. The van der Waals surface area contributed by atoms with Gasteiger partial charge < -0.3 is 8.97 Å². The standard InChI is InChI=1S/C20H18ClN5S/c1-2-10-26-19(12-15-6-8-16(21)9-7-15)23-24-20(26)27-14-17-13-25-11-4-3-5-18(25)22-17/h2-9,11,13H,1,10,12,14H2. The first-order valence-corrected chi connectivity index (χ1v) is 9.92. The van der Waals surface area contributed by atoms with E-state index in [1.165, 1.54) is 0 Å². The van der Waals surface area contributed by atoms with Gasteiger partial charge in [0.2, 0.25) is 0 Å². The van der Waals surface area contributed by atoms with Crippen LogP contribution in [0, 0.1) is 0 Å². The van der Waals surface area contributed by atoms with Crippen molar-refractivity contribution in [1.82, 2.24) is 24.1 Å². The van der Waals surface area contributed by atoms with Crippen molar-refractivity contribution >= 4 is 29.0 Å². The highest BCUT2D eigenvalue weighted by molar-refractivity contribution is 7.98. The molecule has 1 aromatic carbocycles. The molecule has 0 aliphatic carbocycles. The molecule has 5 nitrogen and oxygen atoms in total. The Morgan fingerprint density at radius 2 is 1.96 bits per heavy atom. The molecule has 0 amide bonds. The van der Waals surface area contributed by atoms with Crippen LogP contribution in [0.25, 0.3) is 5.65 Å². The van der Waals surface area contributed by atoms with Gasteiger partial charge in [-0.3, -0.25) is 0 Å². The molecule has 7 heteroatoms. The van der Waals surface area contributed by atoms with Gasteiger partial charge in [0.15, 0.2) is 5.16 Å². The summed E-state index contributed by atoms with van der Waals surface area (Å²) in [4.78, 5) is 4.64. The second kappa shape index (κ2) is 7.98. The molecule has 0 spiro atoms. The van der Waals surface area contributed by atoms with Gasteiger partial charge in [-0.15, -0.1) is 16.8 Å². The number of hydrogen-bond donors (Lipinski definition) is 0. The van der Waals surface area contributed by atoms with Gasteiger partial charge >= 0.3 is 0 Å². The normalized spacial score (nSPS) is 11.1. The van der Waals surface area contributed by atoms with E-state index < -0.39 is 0 Å². The molecule has 0 bridgehead atoms. The Morgan fingerprint density at radius 1 is 1.11 bits per heavy atom. The van der Waals surface area contributed by atoms with Crippen LogP contribution < -0.4 is 0 Å². The fraction of sp³-hybridized carbons (Fsp3) is 0.150. The van der Waals surface area contributed by atoms with Crippen LogP contribution in [-0.2, 0) is 18.7 Å². The van der Waals surface area contributed by atoms with Crippen molar-refractivity contribution in [3.63, 3.8) is 0 Å². The van der Waals surface area contributed by atoms with E-state index in [0.29, 0.717) is 13.0 Å². The third-order valence-corrected chi connectivity index (χ3v) is 5.40. The van der Waals surface area contributed by atoms with Crippen LogP contribution >= 0.6 is 23.4 Å². The van der Waals surface area contributed by atoms with E-state index >= 15 is 0 Å². The third-order valence-electron chi connectivity index (χ3n) is 4.14. The molecule has 0 aliphatic rings. The molecule has 3 heterocycles. The molecule has 0 unspecified atom stereocenters. The highest BCUT2D eigenvalue weighted by atomic mass is 35.5. The summed E-state index contributed by atoms with van der Waals surface area (Å²) >= 11 is 7.60. The van der Waals surface area contributed by atoms with Crippen LogP contribution in [0.1, 0.15) is 17.1 Å². The van der Waals surface area contributed by atoms with Gasteiger partial charge in [-0.25, -0.2) is 4.98 Å². The van der Waals surface area contributed by atoms with Crippen LogP contribution in [0.3, 0.4) is 0 Å². The van der Waals surface area contributed by atoms with E-state index in [2.05, 4.69) is 26.3 Å². The SMILES string of the molecule is C=CCn1c(Cc2ccc(Cl)cc2)nnc1SCc1cn2ccccc2n1. The molecule has 0 aliphatic heterocycles. The van der Waals surface area contributed by atoms with Crippen LogP contribution in [0.15, 0.2) is 72.7 Å². The number of allylic oxidation sites excluding steroid dienone is 1. The molecule has 0 atom stereocenters. The number of halogens is 1. The zero-order chi connectivity index (χ0) is 18.6. The van der Waals surface area contributed by atoms with Crippen molar-refractivity contribution in [1.29, 1.82) is 0 Å². The molecule has 4 aromatic rings. The molecule has 0 fully saturated rings. The number of hydrogen-bond acceptors (Lipinski definition) is 4. The van der Waals surface area contributed by atoms with Crippen LogP contribution in [0.5, 0.6) is 0 Å². The fourth-order valence-electron chi connectivity index (χ4n) is 2.85. The van der Waals surface area contributed by atoms with Gasteiger partial charge in [0, 0.05) is 36.1 Å². The lowest BCUT2D eigenvalue weighted by Crippen LogP contribution is -2.04. The molecule has 0 saturated heterocycles. The van der Waals surface area contributed by atoms with E-state index in [-0.39, 0.29) is 0 Å². The quantitative estimate of drug-likeness (QED) is 0.337. The van der Waals surface area contributed by atoms with E-state index in [1.54, 1.807) is 11.8 Å². The maximum Gasteiger partial charge on any atom is 0.191 e. The van der Waals surface area contributed by atoms with E-state index in [4.69, 9.17) is 11.6 Å². The van der Waals surface area contributed by atoms with Crippen molar-refractivity contribution < 1.29 is 0 Å². The molecular weight excluding hydrogens is 378 g/mol. The van der Waals surface area contributed by atoms with Gasteiger partial charge in [-0.2, -0.15) is 0 Å². The predicted octanol–water partition coefficient (Wildman–Crippen LogP) is 4.65. The van der Waals surface area contributed by atoms with Crippen molar-refractivity contribution in [2.45, 2.75) is 23.9 Å². The van der Waals surface area contributed by atoms with Gasteiger partial charge in [-0.05, 0) is 29.8 Å². The van der Waals surface area contributed by atoms with Crippen molar-refractivity contribution in [2.75, 3.05) is 0 Å². The summed E-state index contributed by atoms with van der Waals surface area (Å²) in [5.41, 5.74) is 3.11. The zero-order valence-electron chi connectivity index (χ0n) is 14.6. The second-order valence-corrected chi connectivity index (χ2v) is 7.47. The molecule has 4 rings (SSSR count). The number of nitrogens with zero attached hydrogens (tertiary/aromatic N) is 5. The lowest BCUT2D eigenvalue weighted by atomic mass is 10.1. The van der Waals surface area contributed by atoms with Crippen LogP contribution in [0.4, 0.5) is 0 Å². The minimum atomic E-state index is 0.670. The first-order chi connectivity index (χ1) is 13.2. The Hall–Kier alpha value is -2.57. The highest BCUT2D eigenvalue weighted by Gasteiger charge is 2.13. The third kappa shape index (κ3) is 4.07. The second-order valence-electron chi connectivity index (χ2n) is 6.09. The van der Waals surface area contributed by atoms with Gasteiger partial charge in [0.1, 0.15) is 11.5 Å². The number of rotatable bonds is 7. The van der Waals surface area contributed by atoms with Gasteiger partial charge in [0.25, 0.3) is 0 Å². The summed E-state index contributed by atoms with van der Waals surface area (Å²) in [6.45, 7) is 4.53. The van der Waals surface area contributed by atoms with Crippen molar-refractivity contribution in [3.05, 3.63) is 89.6 Å². The topological polar surface area (TPSA) is 48.0 Å². The van der Waals surface area contributed by atoms with Crippen LogP contribution in [0.2, 0.25) is 5.02 Å². The van der Waals surface area contributed by atoms with Crippen molar-refractivity contribution in [3.8, 4) is 0 Å². The van der Waals surface area contributed by atoms with E-state index in [0.717, 1.165) is 38.7 Å². The Labute approximate surface area is 166 Å². The lowest BCUT2D eigenvalue weighted by molar-refractivity contribution is 0.690. The van der Waals surface area contributed by atoms with E-state index in [1.807, 2.05) is 65.3 Å². The largest absolute Gasteiger partial charge is 0.307 e. The Balaban J connectivity index is 1.52. The number of fused-ring (bicyclic) bond motifs is 1. The van der Waals surface area contributed by atoms with E-state index in [9.17, 15) is 0 Å². The molecular formula is C20H18ClN5S. The zero-order valence-corrected chi connectivity index (χ0v) is 16.2. The fourth-order valence-corrected chi connectivity index (χ4v) is 3.83. The number of pyridine rings is 1. The Bertz CT molecular complexity index is 1030. The Morgan fingerprint density at radius 3 is 2.74 bits per heavy atom. The highest BCUT2D eigenvalue weighted by Crippen LogP contribution is 2.23. The van der Waals surface area contributed by atoms with Crippen LogP contribution in [-0.4, -0.2) is 24.1 Å². The molecule has 27 heavy (non-hydrogen) atoms. The average Bonchev–Trinajstić information content (AvgIpc) is 3.26. The minimum absolute atomic E-state index is 0.670. The average molecular weight is 396 g/mol. The molecule has 0 radical (unpaired) electrons. The molecule has 0 N–H and O–H groups in total. The predicted molar refractivity (Wildman–Crippen MR) is 109 cm³/mol. The number of thioether (sulfide) groups is 1. The number of aromatic nitrogens is 5. The maximum absolute atomic E-state index is 5.97. The maximum atomic E-state index is 5.97. The van der Waals surface area contributed by atoms with Crippen molar-refractivity contribution in [2.24, 2.45) is 0 Å². The Kier molecular flexibility index (Phi) is 5.27. The summed E-state index contributed by atoms with van der Waals surface area (Å²) in [5, 5.41) is 10.4. The van der Waals surface area contributed by atoms with Gasteiger partial charge in [0.05, 0.1) is 5.69 Å².